The van der Waals surface area contributed by atoms with Crippen LogP contribution in [0.5, 0.6) is 0 Å². The molecule has 0 aromatic carbocycles. The maximum atomic E-state index is 12.6. The Morgan fingerprint density at radius 3 is 2.69 bits per heavy atom. The Labute approximate surface area is 96.1 Å². The molecule has 3 nitrogen and oxygen atoms in total. The summed E-state index contributed by atoms with van der Waals surface area (Å²) in [5.74, 6) is -1.14. The van der Waals surface area contributed by atoms with E-state index >= 15 is 0 Å². The van der Waals surface area contributed by atoms with E-state index in [1.807, 2.05) is 0 Å². The zero-order valence-corrected chi connectivity index (χ0v) is 9.26. The highest BCUT2D eigenvalue weighted by atomic mass is 35.5. The first-order chi connectivity index (χ1) is 7.47. The first-order valence-electron chi connectivity index (χ1n) is 4.50. The van der Waals surface area contributed by atoms with Crippen LogP contribution in [0, 0.1) is 6.92 Å². The molecule has 1 aromatic heterocycles. The van der Waals surface area contributed by atoms with Crippen molar-refractivity contribution in [2.45, 2.75) is 25.7 Å². The van der Waals surface area contributed by atoms with Crippen LogP contribution in [0.2, 0.25) is 0 Å². The maximum Gasteiger partial charge on any atom is 0.309 e. The molecule has 0 saturated heterocycles. The summed E-state index contributed by atoms with van der Waals surface area (Å²) in [6.45, 7) is 1.55. The van der Waals surface area contributed by atoms with Gasteiger partial charge < -0.3 is 5.11 Å². The molecule has 0 atom stereocenters. The summed E-state index contributed by atoms with van der Waals surface area (Å²) in [5, 5.41) is 8.61. The van der Waals surface area contributed by atoms with Gasteiger partial charge in [-0.15, -0.1) is 11.6 Å². The number of carbonyl (C=O) groups is 1. The van der Waals surface area contributed by atoms with Gasteiger partial charge in [-0.3, -0.25) is 9.78 Å². The molecule has 0 saturated carbocycles. The molecular formula is C10H10ClF2NO2. The number of halogens is 3. The average Bonchev–Trinajstić information content (AvgIpc) is 2.19. The number of hydrogen-bond acceptors (Lipinski definition) is 2. The summed E-state index contributed by atoms with van der Waals surface area (Å²) in [4.78, 5) is 14.2. The number of rotatable bonds is 4. The largest absolute Gasteiger partial charge is 0.481 e. The van der Waals surface area contributed by atoms with Crippen molar-refractivity contribution < 1.29 is 18.7 Å². The Balaban J connectivity index is 3.23. The van der Waals surface area contributed by atoms with Crippen LogP contribution in [0.3, 0.4) is 0 Å². The first-order valence-corrected chi connectivity index (χ1v) is 5.04. The second-order valence-electron chi connectivity index (χ2n) is 3.27. The number of alkyl halides is 3. The minimum absolute atomic E-state index is 0.0827. The van der Waals surface area contributed by atoms with Gasteiger partial charge in [-0.1, -0.05) is 0 Å². The predicted octanol–water partition coefficient (Wildman–Crippen LogP) is 2.69. The van der Waals surface area contributed by atoms with Gasteiger partial charge in [0.1, 0.15) is 0 Å². The van der Waals surface area contributed by atoms with Crippen molar-refractivity contribution in [1.82, 2.24) is 4.98 Å². The summed E-state index contributed by atoms with van der Waals surface area (Å²) in [6, 6.07) is 0. The van der Waals surface area contributed by atoms with Crippen LogP contribution < -0.4 is 0 Å². The molecule has 16 heavy (non-hydrogen) atoms. The van der Waals surface area contributed by atoms with E-state index in [1.165, 1.54) is 0 Å². The van der Waals surface area contributed by atoms with Crippen molar-refractivity contribution in [2.75, 3.05) is 0 Å². The van der Waals surface area contributed by atoms with Crippen LogP contribution in [0.15, 0.2) is 6.20 Å². The molecule has 0 fully saturated rings. The number of carboxylic acid groups (broad SMARTS) is 1. The molecule has 1 rings (SSSR count). The van der Waals surface area contributed by atoms with Crippen molar-refractivity contribution in [1.29, 1.82) is 0 Å². The average molecular weight is 250 g/mol. The van der Waals surface area contributed by atoms with E-state index in [0.29, 0.717) is 5.56 Å². The van der Waals surface area contributed by atoms with E-state index in [1.54, 1.807) is 6.92 Å². The Kier molecular flexibility index (Phi) is 4.18. The van der Waals surface area contributed by atoms with Crippen LogP contribution in [0.1, 0.15) is 28.8 Å². The van der Waals surface area contributed by atoms with E-state index in [9.17, 15) is 13.6 Å². The van der Waals surface area contributed by atoms with Crippen molar-refractivity contribution >= 4 is 17.6 Å². The maximum absolute atomic E-state index is 12.6. The van der Waals surface area contributed by atoms with Crippen molar-refractivity contribution in [3.8, 4) is 0 Å². The van der Waals surface area contributed by atoms with Gasteiger partial charge >= 0.3 is 5.97 Å². The highest BCUT2D eigenvalue weighted by molar-refractivity contribution is 6.17. The number of carboxylic acids is 1. The monoisotopic (exact) mass is 249 g/mol. The lowest BCUT2D eigenvalue weighted by atomic mass is 10.0. The second kappa shape index (κ2) is 5.21. The fourth-order valence-electron chi connectivity index (χ4n) is 1.40. The van der Waals surface area contributed by atoms with E-state index in [4.69, 9.17) is 16.7 Å². The summed E-state index contributed by atoms with van der Waals surface area (Å²) >= 11 is 5.58. The summed E-state index contributed by atoms with van der Waals surface area (Å²) < 4.78 is 25.1. The van der Waals surface area contributed by atoms with Crippen molar-refractivity contribution in [3.63, 3.8) is 0 Å². The zero-order valence-electron chi connectivity index (χ0n) is 8.51. The fourth-order valence-corrected chi connectivity index (χ4v) is 1.75. The molecule has 0 spiro atoms. The Bertz CT molecular complexity index is 410. The number of pyridine rings is 1. The van der Waals surface area contributed by atoms with E-state index < -0.39 is 12.4 Å². The van der Waals surface area contributed by atoms with Gasteiger partial charge in [-0.05, 0) is 18.1 Å². The lowest BCUT2D eigenvalue weighted by Gasteiger charge is -2.12. The third-order valence-corrected chi connectivity index (χ3v) is 2.55. The molecule has 0 unspecified atom stereocenters. The minimum atomic E-state index is -2.65. The van der Waals surface area contributed by atoms with Gasteiger partial charge in [0.2, 0.25) is 0 Å². The lowest BCUT2D eigenvalue weighted by molar-refractivity contribution is -0.136. The van der Waals surface area contributed by atoms with E-state index in [-0.39, 0.29) is 29.1 Å². The Hall–Kier alpha value is -1.23. The van der Waals surface area contributed by atoms with Gasteiger partial charge in [-0.2, -0.15) is 0 Å². The normalized spacial score (nSPS) is 10.8. The van der Waals surface area contributed by atoms with Gasteiger partial charge in [0.05, 0.1) is 12.1 Å². The lowest BCUT2D eigenvalue weighted by Crippen LogP contribution is -2.08. The molecule has 0 aliphatic heterocycles. The summed E-state index contributed by atoms with van der Waals surface area (Å²) in [5.41, 5.74) is 0.729. The summed E-state index contributed by atoms with van der Waals surface area (Å²) in [7, 11) is 0. The molecule has 1 aromatic rings. The van der Waals surface area contributed by atoms with E-state index in [0.717, 1.165) is 6.20 Å². The highest BCUT2D eigenvalue weighted by Gasteiger charge is 2.18. The van der Waals surface area contributed by atoms with Gasteiger partial charge in [-0.25, -0.2) is 8.78 Å². The van der Waals surface area contributed by atoms with Crippen LogP contribution in [0.25, 0.3) is 0 Å². The van der Waals surface area contributed by atoms with E-state index in [2.05, 4.69) is 4.98 Å². The van der Waals surface area contributed by atoms with Gasteiger partial charge in [0.25, 0.3) is 6.43 Å². The second-order valence-corrected chi connectivity index (χ2v) is 3.54. The van der Waals surface area contributed by atoms with Gasteiger partial charge in [0, 0.05) is 17.6 Å². The number of hydrogen-bond donors (Lipinski definition) is 1. The first kappa shape index (κ1) is 12.8. The van der Waals surface area contributed by atoms with Crippen molar-refractivity contribution in [3.05, 3.63) is 28.6 Å². The minimum Gasteiger partial charge on any atom is -0.481 e. The smallest absolute Gasteiger partial charge is 0.309 e. The standard InChI is InChI=1S/C10H10ClF2NO2/c1-5-6(3-11)7(10(12)13)4-14-8(5)2-9(15)16/h4,10H,2-3H2,1H3,(H,15,16). The zero-order chi connectivity index (χ0) is 12.3. The van der Waals surface area contributed by atoms with Crippen LogP contribution in [-0.2, 0) is 17.1 Å². The van der Waals surface area contributed by atoms with Crippen LogP contribution in [0.4, 0.5) is 8.78 Å². The molecule has 1 N–H and O–H groups in total. The fraction of sp³-hybridized carbons (Fsp3) is 0.400. The molecule has 6 heteroatoms. The van der Waals surface area contributed by atoms with Crippen LogP contribution in [-0.4, -0.2) is 16.1 Å². The predicted molar refractivity (Wildman–Crippen MR) is 54.8 cm³/mol. The SMILES string of the molecule is Cc1c(CC(=O)O)ncc(C(F)F)c1CCl. The van der Waals surface area contributed by atoms with Crippen LogP contribution >= 0.6 is 11.6 Å². The molecule has 88 valence electrons. The topological polar surface area (TPSA) is 50.2 Å². The number of aliphatic carboxylic acids is 1. The van der Waals surface area contributed by atoms with Gasteiger partial charge in [0.15, 0.2) is 0 Å². The third kappa shape index (κ3) is 2.66. The molecule has 0 radical (unpaired) electrons. The molecular weight excluding hydrogens is 240 g/mol. The molecule has 0 aliphatic rings. The molecule has 1 heterocycles. The van der Waals surface area contributed by atoms with Crippen molar-refractivity contribution in [2.24, 2.45) is 0 Å². The third-order valence-electron chi connectivity index (χ3n) is 2.28. The molecule has 0 amide bonds. The highest BCUT2D eigenvalue weighted by Crippen LogP contribution is 2.27. The quantitative estimate of drug-likeness (QED) is 0.835. The summed E-state index contributed by atoms with van der Waals surface area (Å²) in [6.07, 6.45) is -1.95. The molecule has 0 aliphatic carbocycles. The Morgan fingerprint density at radius 1 is 1.62 bits per heavy atom. The number of aromatic nitrogens is 1. The Morgan fingerprint density at radius 2 is 2.25 bits per heavy atom. The number of nitrogens with zero attached hydrogens (tertiary/aromatic N) is 1. The molecule has 0 bridgehead atoms.